The quantitative estimate of drug-likeness (QED) is 0.0227. The van der Waals surface area contributed by atoms with Gasteiger partial charge in [-0.2, -0.15) is 0 Å². The van der Waals surface area contributed by atoms with Gasteiger partial charge in [-0.05, 0) is 75.5 Å². The summed E-state index contributed by atoms with van der Waals surface area (Å²) >= 11 is 0. The smallest absolute Gasteiger partial charge is 0.326 e. The van der Waals surface area contributed by atoms with Crippen molar-refractivity contribution < 1.29 is 48.6 Å². The highest BCUT2D eigenvalue weighted by Gasteiger charge is 2.39. The molecule has 24 nitrogen and oxygen atoms in total. The first-order valence-corrected chi connectivity index (χ1v) is 24.9. The summed E-state index contributed by atoms with van der Waals surface area (Å²) in [6.45, 7) is 2.12. The predicted octanol–water partition coefficient (Wildman–Crippen LogP) is -2.08. The predicted molar refractivity (Wildman–Crippen MR) is 270 cm³/mol. The van der Waals surface area contributed by atoms with Gasteiger partial charge in [0.05, 0.1) is 12.6 Å². The van der Waals surface area contributed by atoms with Gasteiger partial charge in [-0.1, -0.05) is 80.4 Å². The van der Waals surface area contributed by atoms with Gasteiger partial charge in [0, 0.05) is 32.5 Å². The van der Waals surface area contributed by atoms with Gasteiger partial charge in [0.2, 0.25) is 41.4 Å². The lowest BCUT2D eigenvalue weighted by atomic mass is 10.0. The van der Waals surface area contributed by atoms with Gasteiger partial charge in [-0.25, -0.2) is 4.79 Å². The van der Waals surface area contributed by atoms with Crippen LogP contribution in [-0.4, -0.2) is 155 Å². The number of aliphatic hydroxyl groups is 1. The lowest BCUT2D eigenvalue weighted by Crippen LogP contribution is -2.61. The Kier molecular flexibility index (Phi) is 24.3. The number of nitrogens with two attached hydrogens (primary N) is 2. The second kappa shape index (κ2) is 30.5. The van der Waals surface area contributed by atoms with Gasteiger partial charge in [0.25, 0.3) is 0 Å². The van der Waals surface area contributed by atoms with E-state index >= 15 is 0 Å². The van der Waals surface area contributed by atoms with Crippen LogP contribution in [0.25, 0.3) is 0 Å². The van der Waals surface area contributed by atoms with Gasteiger partial charge >= 0.3 is 5.97 Å². The molecule has 24 heteroatoms. The lowest BCUT2D eigenvalue weighted by molar-refractivity contribution is -0.149. The van der Waals surface area contributed by atoms with Crippen LogP contribution in [0, 0.1) is 10.8 Å². The lowest BCUT2D eigenvalue weighted by Gasteiger charge is -2.29. The Balaban J connectivity index is 1.59. The molecule has 0 aliphatic carbocycles. The number of benzene rings is 2. The molecule has 2 aliphatic heterocycles. The molecule has 2 aromatic carbocycles. The van der Waals surface area contributed by atoms with Crippen molar-refractivity contribution in [2.45, 2.75) is 139 Å². The van der Waals surface area contributed by atoms with Crippen molar-refractivity contribution in [3.63, 3.8) is 0 Å². The van der Waals surface area contributed by atoms with Crippen LogP contribution in [0.2, 0.25) is 0 Å². The zero-order valence-electron chi connectivity index (χ0n) is 41.4. The minimum atomic E-state index is -1.62. The summed E-state index contributed by atoms with van der Waals surface area (Å²) in [7, 11) is 0. The second-order valence-electron chi connectivity index (χ2n) is 18.2. The van der Waals surface area contributed by atoms with Crippen molar-refractivity contribution in [2.75, 3.05) is 32.8 Å². The number of amides is 7. The highest BCUT2D eigenvalue weighted by atomic mass is 16.4. The van der Waals surface area contributed by atoms with E-state index in [2.05, 4.69) is 47.9 Å². The molecule has 2 fully saturated rings. The molecule has 0 spiro atoms. The monoisotopic (exact) mass is 1020 g/mol. The van der Waals surface area contributed by atoms with Gasteiger partial charge in [-0.15, -0.1) is 0 Å². The van der Waals surface area contributed by atoms with Gasteiger partial charge in [0.1, 0.15) is 42.3 Å². The number of nitrogens with one attached hydrogen (secondary N) is 11. The number of aliphatic hydroxyl groups excluding tert-OH is 1. The molecular weight excluding hydrogens is 945 g/mol. The number of carboxylic acids is 1. The van der Waals surface area contributed by atoms with E-state index in [9.17, 15) is 48.6 Å². The average molecular weight is 1020 g/mol. The van der Waals surface area contributed by atoms with Crippen LogP contribution >= 0.6 is 0 Å². The molecule has 17 N–H and O–H groups in total. The topological polar surface area (TPSA) is 388 Å². The average Bonchev–Trinajstić information content (AvgIpc) is 4.10. The zero-order chi connectivity index (χ0) is 53.3. The van der Waals surface area contributed by atoms with Gasteiger partial charge in [-0.3, -0.25) is 44.4 Å². The fourth-order valence-electron chi connectivity index (χ4n) is 8.60. The molecule has 0 bridgehead atoms. The van der Waals surface area contributed by atoms with Crippen molar-refractivity contribution in [3.8, 4) is 0 Å². The van der Waals surface area contributed by atoms with Crippen LogP contribution in [0.5, 0.6) is 0 Å². The van der Waals surface area contributed by atoms with Crippen molar-refractivity contribution >= 4 is 59.2 Å². The number of nitrogens with zero attached hydrogens (tertiary/aromatic N) is 1. The largest absolute Gasteiger partial charge is 0.480 e. The van der Waals surface area contributed by atoms with Crippen molar-refractivity contribution in [2.24, 2.45) is 11.5 Å². The van der Waals surface area contributed by atoms with Crippen LogP contribution in [0.3, 0.4) is 0 Å². The Morgan fingerprint density at radius 1 is 0.630 bits per heavy atom. The zero-order valence-corrected chi connectivity index (χ0v) is 41.4. The molecule has 8 atom stereocenters. The third kappa shape index (κ3) is 19.7. The Hall–Kier alpha value is -7.34. The van der Waals surface area contributed by atoms with E-state index in [1.165, 1.54) is 4.90 Å². The normalized spacial score (nSPS) is 17.5. The summed E-state index contributed by atoms with van der Waals surface area (Å²) in [5, 5.41) is 59.8. The fraction of sp³-hybridized carbons (Fsp3) is 0.551. The molecular formula is C49H74N14O10. The number of hydrogen-bond acceptors (Lipinski definition) is 12. The first kappa shape index (κ1) is 58.2. The van der Waals surface area contributed by atoms with E-state index in [1.807, 2.05) is 6.92 Å². The second-order valence-corrected chi connectivity index (χ2v) is 18.2. The SMILES string of the molecule is CCCC[C@H](NC(=O)[C@H](CO)NC(=O)[C@H](CCCNC(=N)N)NC(=O)[C@H](Cc1ccccc1)NC(=O)[C@H](Cc1ccccc1)NC(=O)[C@H](CCCNC(=N)N)NC(=O)[C@@H]1CCCN1)C(=O)N1CCC[C@@H]1C(=O)O. The van der Waals surface area contributed by atoms with Crippen molar-refractivity contribution in [1.29, 1.82) is 10.8 Å². The summed E-state index contributed by atoms with van der Waals surface area (Å²) in [5.41, 5.74) is 12.2. The molecule has 2 aliphatic rings. The maximum atomic E-state index is 14.6. The molecule has 2 aromatic rings. The van der Waals surface area contributed by atoms with E-state index < -0.39 is 96.4 Å². The number of carbonyl (C=O) groups is 8. The van der Waals surface area contributed by atoms with Crippen molar-refractivity contribution in [1.82, 2.24) is 52.8 Å². The molecule has 4 rings (SSSR count). The van der Waals surface area contributed by atoms with Gasteiger partial charge < -0.3 is 74.4 Å². The highest BCUT2D eigenvalue weighted by Crippen LogP contribution is 2.20. The summed E-state index contributed by atoms with van der Waals surface area (Å²) in [4.78, 5) is 111. The standard InChI is InChI=1S/C49H74N14O10/c1-2-3-18-35(46(71)63-26-13-22-39(63)47(72)73)59-45(70)38(29-64)62-42(67)34(21-12-25-56-49(52)53)58-43(68)36(27-30-14-6-4-7-15-30)61-44(69)37(28-31-16-8-5-9-17-31)60-41(66)33(20-11-24-55-48(50)51)57-40(65)32-19-10-23-54-32/h4-9,14-17,32-39,54,64H,2-3,10-13,18-29H2,1H3,(H,57,65)(H,58,68)(H,59,70)(H,60,66)(H,61,69)(H,62,67)(H,72,73)(H4,50,51,55)(H4,52,53,56)/t32-,33-,34-,35-,36-,37-,38-,39+/m0/s1. The Labute approximate surface area is 425 Å². The number of guanidine groups is 2. The highest BCUT2D eigenvalue weighted by molar-refractivity contribution is 5.98. The number of carbonyl (C=O) groups excluding carboxylic acids is 7. The molecule has 0 unspecified atom stereocenters. The van der Waals surface area contributed by atoms with E-state index in [-0.39, 0.29) is 82.4 Å². The number of hydrogen-bond donors (Lipinski definition) is 15. The van der Waals surface area contributed by atoms with Gasteiger partial charge in [0.15, 0.2) is 11.9 Å². The third-order valence-corrected chi connectivity index (χ3v) is 12.5. The molecule has 2 saturated heterocycles. The van der Waals surface area contributed by atoms with E-state index in [0.29, 0.717) is 49.8 Å². The van der Waals surface area contributed by atoms with Crippen LogP contribution in [0.15, 0.2) is 60.7 Å². The van der Waals surface area contributed by atoms with E-state index in [1.54, 1.807) is 60.7 Å². The number of aliphatic carboxylic acids is 1. The Morgan fingerprint density at radius 2 is 1.08 bits per heavy atom. The van der Waals surface area contributed by atoms with Crippen LogP contribution in [0.4, 0.5) is 0 Å². The third-order valence-electron chi connectivity index (χ3n) is 12.5. The number of likely N-dealkylation sites (tertiary alicyclic amines) is 1. The Bertz CT molecular complexity index is 2180. The van der Waals surface area contributed by atoms with E-state index in [4.69, 9.17) is 22.3 Å². The molecule has 0 aromatic heterocycles. The van der Waals surface area contributed by atoms with Crippen LogP contribution in [-0.2, 0) is 51.2 Å². The Morgan fingerprint density at radius 3 is 1.55 bits per heavy atom. The molecule has 400 valence electrons. The minimum Gasteiger partial charge on any atom is -0.480 e. The summed E-state index contributed by atoms with van der Waals surface area (Å²) < 4.78 is 0. The minimum absolute atomic E-state index is 0.0311. The van der Waals surface area contributed by atoms with Crippen LogP contribution in [0.1, 0.15) is 88.7 Å². The fourth-order valence-corrected chi connectivity index (χ4v) is 8.60. The first-order valence-electron chi connectivity index (χ1n) is 24.9. The maximum absolute atomic E-state index is 14.6. The molecule has 73 heavy (non-hydrogen) atoms. The van der Waals surface area contributed by atoms with E-state index in [0.717, 1.165) is 6.42 Å². The number of unbranched alkanes of at least 4 members (excludes halogenated alkanes) is 1. The van der Waals surface area contributed by atoms with Crippen molar-refractivity contribution in [3.05, 3.63) is 71.8 Å². The molecule has 0 radical (unpaired) electrons. The summed E-state index contributed by atoms with van der Waals surface area (Å²) in [6, 6.07) is 7.99. The molecule has 7 amide bonds. The maximum Gasteiger partial charge on any atom is 0.326 e. The molecule has 2 heterocycles. The van der Waals surface area contributed by atoms with Crippen LogP contribution < -0.4 is 59.3 Å². The molecule has 0 saturated carbocycles. The number of rotatable bonds is 30. The number of carboxylic acid groups (broad SMARTS) is 1. The summed E-state index contributed by atoms with van der Waals surface area (Å²) in [5.74, 6) is -6.87. The summed E-state index contributed by atoms with van der Waals surface area (Å²) in [6.07, 6.45) is 3.77. The first-order chi connectivity index (χ1) is 35.0.